The molecule has 2 saturated heterocycles. The predicted molar refractivity (Wildman–Crippen MR) is 95.5 cm³/mol. The van der Waals surface area contributed by atoms with Crippen molar-refractivity contribution in [1.82, 2.24) is 20.4 Å². The predicted octanol–water partition coefficient (Wildman–Crippen LogP) is 1.33. The topological polar surface area (TPSA) is 100 Å². The van der Waals surface area contributed by atoms with Crippen LogP contribution >= 0.6 is 0 Å². The molecule has 5 rings (SSSR count). The number of carbonyl (C=O) groups is 2. The van der Waals surface area contributed by atoms with Crippen molar-refractivity contribution in [2.75, 3.05) is 11.9 Å². The SMILES string of the molecule is Cc1nnc(CNC(=O)[C@H]2C[C@H]3CCCN3[C@]23C(=O)Nc2ccccc23)o1. The first kappa shape index (κ1) is 16.4. The number of anilines is 1. The third-order valence-corrected chi connectivity index (χ3v) is 6.07. The van der Waals surface area contributed by atoms with Crippen molar-refractivity contribution in [2.45, 2.75) is 44.3 Å². The van der Waals surface area contributed by atoms with Gasteiger partial charge in [-0.15, -0.1) is 10.2 Å². The molecule has 8 heteroatoms. The second-order valence-corrected chi connectivity index (χ2v) is 7.48. The van der Waals surface area contributed by atoms with Gasteiger partial charge in [-0.05, 0) is 31.9 Å². The molecular weight excluding hydrogens is 346 g/mol. The number of para-hydroxylation sites is 1. The summed E-state index contributed by atoms with van der Waals surface area (Å²) in [5, 5.41) is 13.6. The number of hydrogen-bond acceptors (Lipinski definition) is 6. The second kappa shape index (κ2) is 5.88. The molecule has 2 aromatic rings. The maximum Gasteiger partial charge on any atom is 0.250 e. The molecule has 0 unspecified atom stereocenters. The van der Waals surface area contributed by atoms with Crippen LogP contribution in [0.25, 0.3) is 0 Å². The van der Waals surface area contributed by atoms with E-state index >= 15 is 0 Å². The Bertz CT molecular complexity index is 926. The highest BCUT2D eigenvalue weighted by Gasteiger charge is 2.65. The first-order valence-corrected chi connectivity index (χ1v) is 9.35. The lowest BCUT2D eigenvalue weighted by Gasteiger charge is -2.36. The molecule has 140 valence electrons. The van der Waals surface area contributed by atoms with E-state index in [0.717, 1.165) is 30.6 Å². The number of carbonyl (C=O) groups excluding carboxylic acids is 2. The summed E-state index contributed by atoms with van der Waals surface area (Å²) in [5.41, 5.74) is 0.792. The first-order valence-electron chi connectivity index (χ1n) is 9.35. The largest absolute Gasteiger partial charge is 0.424 e. The van der Waals surface area contributed by atoms with Crippen molar-refractivity contribution in [3.8, 4) is 0 Å². The zero-order chi connectivity index (χ0) is 18.6. The van der Waals surface area contributed by atoms with E-state index in [9.17, 15) is 9.59 Å². The third kappa shape index (κ3) is 2.26. The molecule has 4 heterocycles. The van der Waals surface area contributed by atoms with Gasteiger partial charge in [0.05, 0.1) is 12.5 Å². The molecule has 3 atom stereocenters. The van der Waals surface area contributed by atoms with E-state index in [1.165, 1.54) is 0 Å². The minimum Gasteiger partial charge on any atom is -0.424 e. The van der Waals surface area contributed by atoms with Gasteiger partial charge < -0.3 is 15.1 Å². The molecule has 2 fully saturated rings. The summed E-state index contributed by atoms with van der Waals surface area (Å²) in [6, 6.07) is 7.96. The minimum atomic E-state index is -0.924. The van der Waals surface area contributed by atoms with Crippen molar-refractivity contribution in [3.05, 3.63) is 41.6 Å². The van der Waals surface area contributed by atoms with Crippen LogP contribution in [0.3, 0.4) is 0 Å². The lowest BCUT2D eigenvalue weighted by Crippen LogP contribution is -2.54. The number of nitrogens with one attached hydrogen (secondary N) is 2. The Morgan fingerprint density at radius 1 is 1.41 bits per heavy atom. The Morgan fingerprint density at radius 2 is 2.26 bits per heavy atom. The van der Waals surface area contributed by atoms with Gasteiger partial charge in [0.1, 0.15) is 5.54 Å². The van der Waals surface area contributed by atoms with Gasteiger partial charge in [0, 0.05) is 24.2 Å². The second-order valence-electron chi connectivity index (χ2n) is 7.48. The van der Waals surface area contributed by atoms with Crippen molar-refractivity contribution in [1.29, 1.82) is 0 Å². The van der Waals surface area contributed by atoms with Crippen LogP contribution in [0.15, 0.2) is 28.7 Å². The van der Waals surface area contributed by atoms with E-state index in [4.69, 9.17) is 4.42 Å². The molecule has 3 aliphatic rings. The zero-order valence-corrected chi connectivity index (χ0v) is 15.1. The van der Waals surface area contributed by atoms with Crippen molar-refractivity contribution >= 4 is 17.5 Å². The third-order valence-electron chi connectivity index (χ3n) is 6.07. The zero-order valence-electron chi connectivity index (χ0n) is 15.1. The molecule has 1 aromatic heterocycles. The van der Waals surface area contributed by atoms with E-state index in [1.807, 2.05) is 24.3 Å². The van der Waals surface area contributed by atoms with Crippen LogP contribution < -0.4 is 10.6 Å². The summed E-state index contributed by atoms with van der Waals surface area (Å²) >= 11 is 0. The Balaban J connectivity index is 1.50. The number of rotatable bonds is 3. The van der Waals surface area contributed by atoms with E-state index < -0.39 is 11.5 Å². The summed E-state index contributed by atoms with van der Waals surface area (Å²) in [5.74, 6) is 0.135. The summed E-state index contributed by atoms with van der Waals surface area (Å²) in [4.78, 5) is 28.6. The van der Waals surface area contributed by atoms with Gasteiger partial charge in [0.25, 0.3) is 0 Å². The number of fused-ring (bicyclic) bond motifs is 4. The number of aromatic nitrogens is 2. The number of hydrogen-bond donors (Lipinski definition) is 2. The Hall–Kier alpha value is -2.74. The Morgan fingerprint density at radius 3 is 3.07 bits per heavy atom. The lowest BCUT2D eigenvalue weighted by atomic mass is 9.78. The van der Waals surface area contributed by atoms with Gasteiger partial charge >= 0.3 is 0 Å². The van der Waals surface area contributed by atoms with E-state index in [1.54, 1.807) is 6.92 Å². The summed E-state index contributed by atoms with van der Waals surface area (Å²) in [6.07, 6.45) is 2.75. The fourth-order valence-corrected chi connectivity index (χ4v) is 5.08. The molecule has 27 heavy (non-hydrogen) atoms. The van der Waals surface area contributed by atoms with Crippen LogP contribution in [0.1, 0.15) is 36.6 Å². The van der Waals surface area contributed by atoms with Gasteiger partial charge in [-0.25, -0.2) is 0 Å². The molecule has 8 nitrogen and oxygen atoms in total. The highest BCUT2D eigenvalue weighted by molar-refractivity contribution is 6.09. The summed E-state index contributed by atoms with van der Waals surface area (Å²) in [7, 11) is 0. The van der Waals surface area contributed by atoms with Gasteiger partial charge in [-0.2, -0.15) is 0 Å². The number of benzene rings is 1. The molecule has 0 saturated carbocycles. The molecule has 1 aromatic carbocycles. The maximum absolute atomic E-state index is 13.2. The normalized spacial score (nSPS) is 29.0. The Labute approximate surface area is 156 Å². The quantitative estimate of drug-likeness (QED) is 0.849. The van der Waals surface area contributed by atoms with Crippen LogP contribution in [0.2, 0.25) is 0 Å². The number of nitrogens with zero attached hydrogens (tertiary/aromatic N) is 3. The summed E-state index contributed by atoms with van der Waals surface area (Å²) < 4.78 is 5.34. The molecule has 0 bridgehead atoms. The summed E-state index contributed by atoms with van der Waals surface area (Å²) in [6.45, 7) is 2.71. The smallest absolute Gasteiger partial charge is 0.250 e. The van der Waals surface area contributed by atoms with Crippen LogP contribution in [0.4, 0.5) is 5.69 Å². The molecule has 0 aliphatic carbocycles. The van der Waals surface area contributed by atoms with Gasteiger partial charge in [-0.1, -0.05) is 18.2 Å². The molecule has 3 aliphatic heterocycles. The van der Waals surface area contributed by atoms with E-state index in [2.05, 4.69) is 25.7 Å². The highest BCUT2D eigenvalue weighted by atomic mass is 16.4. The fourth-order valence-electron chi connectivity index (χ4n) is 5.08. The fraction of sp³-hybridized carbons (Fsp3) is 0.474. The lowest BCUT2D eigenvalue weighted by molar-refractivity contribution is -0.137. The van der Waals surface area contributed by atoms with Crippen molar-refractivity contribution < 1.29 is 14.0 Å². The maximum atomic E-state index is 13.2. The average Bonchev–Trinajstić information content (AvgIpc) is 3.39. The van der Waals surface area contributed by atoms with Crippen molar-refractivity contribution in [2.24, 2.45) is 5.92 Å². The van der Waals surface area contributed by atoms with E-state index in [0.29, 0.717) is 18.2 Å². The first-order chi connectivity index (χ1) is 13.1. The van der Waals surface area contributed by atoms with Crippen LogP contribution in [-0.2, 0) is 21.7 Å². The number of amides is 2. The monoisotopic (exact) mass is 367 g/mol. The van der Waals surface area contributed by atoms with Crippen LogP contribution in [0.5, 0.6) is 0 Å². The van der Waals surface area contributed by atoms with Gasteiger partial charge in [0.15, 0.2) is 0 Å². The van der Waals surface area contributed by atoms with E-state index in [-0.39, 0.29) is 24.4 Å². The standard InChI is InChI=1S/C19H21N5O3/c1-11-22-23-16(27-11)10-20-17(25)14-9-12-5-4-8-24(12)19(14)13-6-2-3-7-15(13)21-18(19)26/h2-3,6-7,12,14H,4-5,8-10H2,1H3,(H,20,25)(H,21,26)/t12-,14-,19+/m1/s1. The van der Waals surface area contributed by atoms with Crippen molar-refractivity contribution in [3.63, 3.8) is 0 Å². The molecule has 2 N–H and O–H groups in total. The molecule has 1 spiro atoms. The molecule has 2 amide bonds. The molecule has 0 radical (unpaired) electrons. The minimum absolute atomic E-state index is 0.0955. The average molecular weight is 367 g/mol. The highest BCUT2D eigenvalue weighted by Crippen LogP contribution is 2.55. The Kier molecular flexibility index (Phi) is 3.58. The van der Waals surface area contributed by atoms with Gasteiger partial charge in [-0.3, -0.25) is 14.5 Å². The van der Waals surface area contributed by atoms with Crippen LogP contribution in [0, 0.1) is 12.8 Å². The van der Waals surface area contributed by atoms with Gasteiger partial charge in [0.2, 0.25) is 23.6 Å². The molecular formula is C19H21N5O3. The number of aryl methyl sites for hydroxylation is 1. The van der Waals surface area contributed by atoms with Crippen LogP contribution in [-0.4, -0.2) is 39.5 Å².